The topological polar surface area (TPSA) is 58.4 Å². The molecule has 1 aliphatic carbocycles. The molecule has 0 saturated heterocycles. The number of nitro benzene ring substituents is 1. The fraction of sp³-hybridized carbons (Fsp3) is 0.278. The van der Waals surface area contributed by atoms with Crippen LogP contribution in [0.2, 0.25) is 0 Å². The van der Waals surface area contributed by atoms with Gasteiger partial charge in [-0.15, -0.1) is 0 Å². The smallest absolute Gasteiger partial charge is 0.269 e. The molecule has 0 bridgehead atoms. The molecule has 2 aromatic rings. The molecule has 1 N–H and O–H groups in total. The molecule has 24 heavy (non-hydrogen) atoms. The van der Waals surface area contributed by atoms with Gasteiger partial charge >= 0.3 is 0 Å². The lowest BCUT2D eigenvalue weighted by molar-refractivity contribution is -0.384. The molecule has 0 amide bonds. The first-order valence-corrected chi connectivity index (χ1v) is 8.33. The van der Waals surface area contributed by atoms with Crippen molar-refractivity contribution in [3.63, 3.8) is 0 Å². The highest BCUT2D eigenvalue weighted by atomic mass is 32.1. The van der Waals surface area contributed by atoms with Gasteiger partial charge in [0.05, 0.1) is 11.0 Å². The first-order chi connectivity index (χ1) is 11.6. The highest BCUT2D eigenvalue weighted by molar-refractivity contribution is 7.80. The monoisotopic (exact) mass is 341 g/mol. The highest BCUT2D eigenvalue weighted by Gasteiger charge is 2.24. The van der Waals surface area contributed by atoms with E-state index >= 15 is 0 Å². The van der Waals surface area contributed by atoms with Crippen molar-refractivity contribution in [3.8, 4) is 0 Å². The quantitative estimate of drug-likeness (QED) is 0.512. The summed E-state index contributed by atoms with van der Waals surface area (Å²) in [4.78, 5) is 12.4. The van der Waals surface area contributed by atoms with E-state index in [0.717, 1.165) is 24.9 Å². The second-order valence-corrected chi connectivity index (χ2v) is 6.34. The van der Waals surface area contributed by atoms with Gasteiger partial charge in [-0.3, -0.25) is 10.1 Å². The zero-order chi connectivity index (χ0) is 17.1. The lowest BCUT2D eigenvalue weighted by Crippen LogP contribution is -2.36. The molecule has 2 aromatic carbocycles. The number of benzene rings is 2. The molecule has 0 radical (unpaired) electrons. The predicted octanol–water partition coefficient (Wildman–Crippen LogP) is 4.30. The minimum Gasteiger partial charge on any atom is -0.345 e. The van der Waals surface area contributed by atoms with Gasteiger partial charge in [-0.2, -0.15) is 0 Å². The number of hydrogen-bond acceptors (Lipinski definition) is 3. The Kier molecular flexibility index (Phi) is 4.76. The molecule has 1 aliphatic rings. The van der Waals surface area contributed by atoms with Crippen molar-refractivity contribution in [2.45, 2.75) is 25.3 Å². The standard InChI is InChI=1S/C18H19N3O2S/c1-20(17-8-4-6-13-5-2-3-7-16(13)17)18(24)19-14-9-11-15(12-10-14)21(22)23/h2-3,5,7,9-12,17H,4,6,8H2,1H3,(H,19,24)/t17-/m0/s1. The zero-order valence-corrected chi connectivity index (χ0v) is 14.3. The van der Waals surface area contributed by atoms with Gasteiger partial charge in [0.15, 0.2) is 5.11 Å². The molecule has 0 heterocycles. The molecule has 124 valence electrons. The normalized spacial score (nSPS) is 16.1. The number of nitrogens with one attached hydrogen (secondary N) is 1. The van der Waals surface area contributed by atoms with Crippen LogP contribution in [0.3, 0.4) is 0 Å². The average Bonchev–Trinajstić information content (AvgIpc) is 2.61. The summed E-state index contributed by atoms with van der Waals surface area (Å²) in [5, 5.41) is 14.5. The summed E-state index contributed by atoms with van der Waals surface area (Å²) < 4.78 is 0. The maximum absolute atomic E-state index is 10.7. The van der Waals surface area contributed by atoms with Crippen molar-refractivity contribution in [3.05, 3.63) is 69.8 Å². The van der Waals surface area contributed by atoms with E-state index in [0.29, 0.717) is 5.11 Å². The minimum atomic E-state index is -0.410. The van der Waals surface area contributed by atoms with E-state index in [2.05, 4.69) is 34.5 Å². The van der Waals surface area contributed by atoms with Crippen molar-refractivity contribution >= 4 is 28.7 Å². The number of nitrogens with zero attached hydrogens (tertiary/aromatic N) is 2. The van der Waals surface area contributed by atoms with Gasteiger partial charge in [-0.25, -0.2) is 0 Å². The zero-order valence-electron chi connectivity index (χ0n) is 13.4. The summed E-state index contributed by atoms with van der Waals surface area (Å²) in [6.07, 6.45) is 3.32. The summed E-state index contributed by atoms with van der Waals surface area (Å²) in [6, 6.07) is 15.0. The van der Waals surface area contributed by atoms with Gasteiger partial charge in [0.25, 0.3) is 5.69 Å². The second kappa shape index (κ2) is 6.97. The van der Waals surface area contributed by atoms with E-state index < -0.39 is 4.92 Å². The molecule has 0 spiro atoms. The van der Waals surface area contributed by atoms with Crippen LogP contribution in [-0.4, -0.2) is 22.0 Å². The predicted molar refractivity (Wildman–Crippen MR) is 99.2 cm³/mol. The minimum absolute atomic E-state index is 0.0704. The Morgan fingerprint density at radius 3 is 2.67 bits per heavy atom. The number of non-ortho nitro benzene ring substituents is 1. The van der Waals surface area contributed by atoms with E-state index in [1.54, 1.807) is 12.1 Å². The Labute approximate surface area is 146 Å². The van der Waals surface area contributed by atoms with Gasteiger partial charge in [0.2, 0.25) is 0 Å². The summed E-state index contributed by atoms with van der Waals surface area (Å²) in [7, 11) is 1.99. The van der Waals surface area contributed by atoms with Crippen LogP contribution in [0.25, 0.3) is 0 Å². The molecule has 1 atom stereocenters. The third-order valence-electron chi connectivity index (χ3n) is 4.46. The molecule has 0 aliphatic heterocycles. The van der Waals surface area contributed by atoms with Crippen LogP contribution in [0.4, 0.5) is 11.4 Å². The van der Waals surface area contributed by atoms with Crippen LogP contribution >= 0.6 is 12.2 Å². The van der Waals surface area contributed by atoms with Crippen LogP contribution in [0.1, 0.15) is 30.0 Å². The number of hydrogen-bond donors (Lipinski definition) is 1. The Morgan fingerprint density at radius 1 is 1.25 bits per heavy atom. The van der Waals surface area contributed by atoms with Crippen molar-refractivity contribution in [2.75, 3.05) is 12.4 Å². The third-order valence-corrected chi connectivity index (χ3v) is 4.85. The van der Waals surface area contributed by atoms with Crippen molar-refractivity contribution in [1.82, 2.24) is 4.90 Å². The molecule has 0 saturated carbocycles. The third kappa shape index (κ3) is 3.38. The largest absolute Gasteiger partial charge is 0.345 e. The molecule has 0 unspecified atom stereocenters. The highest BCUT2D eigenvalue weighted by Crippen LogP contribution is 2.33. The van der Waals surface area contributed by atoms with Gasteiger partial charge < -0.3 is 10.2 Å². The van der Waals surface area contributed by atoms with E-state index in [9.17, 15) is 10.1 Å². The number of rotatable bonds is 3. The van der Waals surface area contributed by atoms with Gasteiger partial charge in [-0.1, -0.05) is 24.3 Å². The number of nitro groups is 1. The van der Waals surface area contributed by atoms with E-state index in [-0.39, 0.29) is 11.7 Å². The van der Waals surface area contributed by atoms with Gasteiger partial charge in [0, 0.05) is 24.9 Å². The van der Waals surface area contributed by atoms with Crippen molar-refractivity contribution in [1.29, 1.82) is 0 Å². The Hall–Kier alpha value is -2.47. The molecular formula is C18H19N3O2S. The van der Waals surface area contributed by atoms with Crippen LogP contribution in [-0.2, 0) is 6.42 Å². The van der Waals surface area contributed by atoms with Gasteiger partial charge in [0.1, 0.15) is 0 Å². The molecule has 0 fully saturated rings. The van der Waals surface area contributed by atoms with Gasteiger partial charge in [-0.05, 0) is 54.7 Å². The van der Waals surface area contributed by atoms with Crippen LogP contribution in [0.5, 0.6) is 0 Å². The van der Waals surface area contributed by atoms with Crippen LogP contribution in [0, 0.1) is 10.1 Å². The first kappa shape index (κ1) is 16.4. The lowest BCUT2D eigenvalue weighted by atomic mass is 9.87. The molecule has 5 nitrogen and oxygen atoms in total. The summed E-state index contributed by atoms with van der Waals surface area (Å²) in [5.41, 5.74) is 3.54. The van der Waals surface area contributed by atoms with Crippen molar-refractivity contribution in [2.24, 2.45) is 0 Å². The summed E-state index contributed by atoms with van der Waals surface area (Å²) in [6.45, 7) is 0. The lowest BCUT2D eigenvalue weighted by Gasteiger charge is -2.35. The fourth-order valence-electron chi connectivity index (χ4n) is 3.15. The second-order valence-electron chi connectivity index (χ2n) is 5.95. The Bertz CT molecular complexity index is 761. The molecular weight excluding hydrogens is 322 g/mol. The molecule has 0 aromatic heterocycles. The fourth-order valence-corrected chi connectivity index (χ4v) is 3.40. The summed E-state index contributed by atoms with van der Waals surface area (Å²) in [5.74, 6) is 0. The average molecular weight is 341 g/mol. The van der Waals surface area contributed by atoms with E-state index in [4.69, 9.17) is 12.2 Å². The van der Waals surface area contributed by atoms with E-state index in [1.165, 1.54) is 23.3 Å². The number of aryl methyl sites for hydroxylation is 1. The Balaban J connectivity index is 1.72. The van der Waals surface area contributed by atoms with Crippen molar-refractivity contribution < 1.29 is 4.92 Å². The number of fused-ring (bicyclic) bond motifs is 1. The number of anilines is 1. The summed E-state index contributed by atoms with van der Waals surface area (Å²) >= 11 is 5.53. The maximum Gasteiger partial charge on any atom is 0.269 e. The van der Waals surface area contributed by atoms with Crippen LogP contribution < -0.4 is 5.32 Å². The first-order valence-electron chi connectivity index (χ1n) is 7.92. The molecule has 3 rings (SSSR count). The maximum atomic E-state index is 10.7. The molecule has 6 heteroatoms. The van der Waals surface area contributed by atoms with Crippen LogP contribution in [0.15, 0.2) is 48.5 Å². The Morgan fingerprint density at radius 2 is 1.96 bits per heavy atom. The van der Waals surface area contributed by atoms with E-state index in [1.807, 2.05) is 7.05 Å². The number of thiocarbonyl (C=S) groups is 1. The SMILES string of the molecule is CN(C(=S)Nc1ccc([N+](=O)[O-])cc1)[C@H]1CCCc2ccccc21.